The number of nitrogens with one attached hydrogen (secondary N) is 2. The summed E-state index contributed by atoms with van der Waals surface area (Å²) in [7, 11) is 1.57. The van der Waals surface area contributed by atoms with Crippen LogP contribution in [-0.4, -0.2) is 29.5 Å². The standard InChI is InChI=1S/C8H11ClN4O/c1-5-3-6(13-8(9)12-5)11-4-7(14)10-2/h3H,4H2,1-2H3,(H,10,14)(H,11,12,13). The molecular weight excluding hydrogens is 204 g/mol. The number of carbonyl (C=O) groups is 1. The van der Waals surface area contributed by atoms with Gasteiger partial charge in [0.15, 0.2) is 0 Å². The minimum atomic E-state index is -0.114. The van der Waals surface area contributed by atoms with Crippen molar-refractivity contribution in [1.29, 1.82) is 0 Å². The average Bonchev–Trinajstić information content (AvgIpc) is 2.12. The van der Waals surface area contributed by atoms with E-state index in [1.165, 1.54) is 0 Å². The number of aryl methyl sites for hydroxylation is 1. The Bertz CT molecular complexity index is 322. The molecule has 5 nitrogen and oxygen atoms in total. The van der Waals surface area contributed by atoms with Crippen LogP contribution in [0.1, 0.15) is 5.69 Å². The van der Waals surface area contributed by atoms with E-state index in [4.69, 9.17) is 11.6 Å². The second-order valence-corrected chi connectivity index (χ2v) is 3.03. The van der Waals surface area contributed by atoms with Gasteiger partial charge in [-0.1, -0.05) is 0 Å². The Kier molecular flexibility index (Phi) is 3.64. The molecule has 0 saturated heterocycles. The molecule has 1 heterocycles. The molecule has 1 amide bonds. The predicted octanol–water partition coefficient (Wildman–Crippen LogP) is 0.596. The third-order valence-electron chi connectivity index (χ3n) is 1.54. The first-order valence-corrected chi connectivity index (χ1v) is 4.45. The van der Waals surface area contributed by atoms with Crippen LogP contribution in [0.4, 0.5) is 5.82 Å². The number of amides is 1. The van der Waals surface area contributed by atoms with Crippen LogP contribution in [0.5, 0.6) is 0 Å². The molecule has 0 aromatic carbocycles. The van der Waals surface area contributed by atoms with E-state index in [-0.39, 0.29) is 17.7 Å². The summed E-state index contributed by atoms with van der Waals surface area (Å²) in [6.07, 6.45) is 0. The number of hydrogen-bond donors (Lipinski definition) is 2. The molecule has 0 saturated carbocycles. The van der Waals surface area contributed by atoms with E-state index in [9.17, 15) is 4.79 Å². The van der Waals surface area contributed by atoms with Gasteiger partial charge < -0.3 is 10.6 Å². The molecule has 0 aliphatic heterocycles. The van der Waals surface area contributed by atoms with Crippen LogP contribution < -0.4 is 10.6 Å². The van der Waals surface area contributed by atoms with Crippen molar-refractivity contribution in [1.82, 2.24) is 15.3 Å². The van der Waals surface area contributed by atoms with E-state index in [0.29, 0.717) is 5.82 Å². The zero-order valence-corrected chi connectivity index (χ0v) is 8.72. The summed E-state index contributed by atoms with van der Waals surface area (Å²) in [6, 6.07) is 1.72. The summed E-state index contributed by atoms with van der Waals surface area (Å²) >= 11 is 5.64. The van der Waals surface area contributed by atoms with Crippen molar-refractivity contribution >= 4 is 23.3 Å². The van der Waals surface area contributed by atoms with E-state index in [1.54, 1.807) is 20.0 Å². The van der Waals surface area contributed by atoms with Crippen molar-refractivity contribution in [3.8, 4) is 0 Å². The molecule has 1 aromatic heterocycles. The Morgan fingerprint density at radius 2 is 2.29 bits per heavy atom. The van der Waals surface area contributed by atoms with Crippen LogP contribution in [0.3, 0.4) is 0 Å². The maximum Gasteiger partial charge on any atom is 0.239 e. The number of carbonyl (C=O) groups excluding carboxylic acids is 1. The Hall–Kier alpha value is -1.36. The lowest BCUT2D eigenvalue weighted by atomic mass is 10.4. The maximum absolute atomic E-state index is 10.9. The van der Waals surface area contributed by atoms with Crippen molar-refractivity contribution in [2.45, 2.75) is 6.92 Å². The zero-order chi connectivity index (χ0) is 10.6. The second-order valence-electron chi connectivity index (χ2n) is 2.69. The van der Waals surface area contributed by atoms with Crippen LogP contribution in [0.2, 0.25) is 5.28 Å². The Balaban J connectivity index is 2.63. The van der Waals surface area contributed by atoms with Gasteiger partial charge >= 0.3 is 0 Å². The van der Waals surface area contributed by atoms with Gasteiger partial charge in [-0.05, 0) is 18.5 Å². The molecule has 2 N–H and O–H groups in total. The molecule has 1 aromatic rings. The molecule has 0 atom stereocenters. The lowest BCUT2D eigenvalue weighted by molar-refractivity contribution is -0.118. The van der Waals surface area contributed by atoms with Gasteiger partial charge in [-0.25, -0.2) is 9.97 Å². The average molecular weight is 215 g/mol. The fourth-order valence-electron chi connectivity index (χ4n) is 0.882. The van der Waals surface area contributed by atoms with Gasteiger partial charge in [0, 0.05) is 18.8 Å². The van der Waals surface area contributed by atoms with Crippen LogP contribution in [0.15, 0.2) is 6.07 Å². The number of nitrogens with zero attached hydrogens (tertiary/aromatic N) is 2. The van der Waals surface area contributed by atoms with E-state index < -0.39 is 0 Å². The number of likely N-dealkylation sites (N-methyl/N-ethyl adjacent to an activating group) is 1. The lowest BCUT2D eigenvalue weighted by Gasteiger charge is -2.04. The summed E-state index contributed by atoms with van der Waals surface area (Å²) in [5, 5.41) is 5.49. The van der Waals surface area contributed by atoms with E-state index in [0.717, 1.165) is 5.69 Å². The van der Waals surface area contributed by atoms with Crippen LogP contribution in [-0.2, 0) is 4.79 Å². The second kappa shape index (κ2) is 4.76. The van der Waals surface area contributed by atoms with Crippen molar-refractivity contribution < 1.29 is 4.79 Å². The highest BCUT2D eigenvalue weighted by Gasteiger charge is 2.01. The van der Waals surface area contributed by atoms with Gasteiger partial charge in [0.2, 0.25) is 11.2 Å². The SMILES string of the molecule is CNC(=O)CNc1cc(C)nc(Cl)n1. The fourth-order valence-corrected chi connectivity index (χ4v) is 1.11. The van der Waals surface area contributed by atoms with Gasteiger partial charge in [-0.15, -0.1) is 0 Å². The number of hydrogen-bond acceptors (Lipinski definition) is 4. The molecule has 0 aliphatic rings. The highest BCUT2D eigenvalue weighted by molar-refractivity contribution is 6.28. The smallest absolute Gasteiger partial charge is 0.239 e. The van der Waals surface area contributed by atoms with Gasteiger partial charge in [-0.2, -0.15) is 0 Å². The number of aromatic nitrogens is 2. The monoisotopic (exact) mass is 214 g/mol. The van der Waals surface area contributed by atoms with Crippen LogP contribution in [0.25, 0.3) is 0 Å². The summed E-state index contributed by atoms with van der Waals surface area (Å²) in [4.78, 5) is 18.7. The van der Waals surface area contributed by atoms with Crippen molar-refractivity contribution in [2.24, 2.45) is 0 Å². The molecule has 0 radical (unpaired) electrons. The predicted molar refractivity (Wildman–Crippen MR) is 54.3 cm³/mol. The summed E-state index contributed by atoms with van der Waals surface area (Å²) in [5.41, 5.74) is 0.754. The molecule has 14 heavy (non-hydrogen) atoms. The highest BCUT2D eigenvalue weighted by Crippen LogP contribution is 2.08. The van der Waals surface area contributed by atoms with Crippen molar-refractivity contribution in [3.63, 3.8) is 0 Å². The van der Waals surface area contributed by atoms with E-state index in [1.807, 2.05) is 0 Å². The lowest BCUT2D eigenvalue weighted by Crippen LogP contribution is -2.26. The van der Waals surface area contributed by atoms with Gasteiger partial charge in [0.25, 0.3) is 0 Å². The number of anilines is 1. The summed E-state index contributed by atoms with van der Waals surface area (Å²) in [5.74, 6) is 0.434. The minimum absolute atomic E-state index is 0.114. The van der Waals surface area contributed by atoms with E-state index in [2.05, 4.69) is 20.6 Å². The highest BCUT2D eigenvalue weighted by atomic mass is 35.5. The van der Waals surface area contributed by atoms with Crippen molar-refractivity contribution in [2.75, 3.05) is 18.9 Å². The molecule has 0 fully saturated rings. The zero-order valence-electron chi connectivity index (χ0n) is 7.97. The first-order chi connectivity index (χ1) is 6.61. The molecule has 1 rings (SSSR count). The van der Waals surface area contributed by atoms with Gasteiger partial charge in [-0.3, -0.25) is 4.79 Å². The van der Waals surface area contributed by atoms with Gasteiger partial charge in [0.1, 0.15) is 5.82 Å². The van der Waals surface area contributed by atoms with Crippen LogP contribution >= 0.6 is 11.6 Å². The molecule has 0 aliphatic carbocycles. The molecular formula is C8H11ClN4O. The first kappa shape index (κ1) is 10.7. The van der Waals surface area contributed by atoms with Crippen molar-refractivity contribution in [3.05, 3.63) is 17.0 Å². The topological polar surface area (TPSA) is 66.9 Å². The quantitative estimate of drug-likeness (QED) is 0.723. The maximum atomic E-state index is 10.9. The number of halogens is 1. The largest absolute Gasteiger partial charge is 0.361 e. The number of rotatable bonds is 3. The van der Waals surface area contributed by atoms with E-state index >= 15 is 0 Å². The summed E-state index contributed by atoms with van der Waals surface area (Å²) < 4.78 is 0. The third-order valence-corrected chi connectivity index (χ3v) is 1.70. The normalized spacial score (nSPS) is 9.64. The fraction of sp³-hybridized carbons (Fsp3) is 0.375. The van der Waals surface area contributed by atoms with Crippen LogP contribution in [0, 0.1) is 6.92 Å². The Morgan fingerprint density at radius 3 is 2.86 bits per heavy atom. The molecule has 6 heteroatoms. The van der Waals surface area contributed by atoms with Gasteiger partial charge in [0.05, 0.1) is 6.54 Å². The Morgan fingerprint density at radius 1 is 1.57 bits per heavy atom. The third kappa shape index (κ3) is 3.18. The Labute approximate surface area is 86.9 Å². The molecule has 0 bridgehead atoms. The minimum Gasteiger partial charge on any atom is -0.361 e. The molecule has 76 valence electrons. The first-order valence-electron chi connectivity index (χ1n) is 4.07. The summed E-state index contributed by atoms with van der Waals surface area (Å²) in [6.45, 7) is 1.97. The molecule has 0 unspecified atom stereocenters. The molecule has 0 spiro atoms.